The van der Waals surface area contributed by atoms with Crippen LogP contribution in [0.5, 0.6) is 0 Å². The highest BCUT2D eigenvalue weighted by Gasteiger charge is 2.42. The number of hydrogen-bond donors (Lipinski definition) is 0. The number of pyridine rings is 1. The van der Waals surface area contributed by atoms with Crippen LogP contribution < -0.4 is 0 Å². The lowest BCUT2D eigenvalue weighted by atomic mass is 9.97. The Morgan fingerprint density at radius 1 is 1.14 bits per heavy atom. The molecule has 0 aliphatic carbocycles. The van der Waals surface area contributed by atoms with Gasteiger partial charge in [-0.05, 0) is 30.0 Å². The Morgan fingerprint density at radius 3 is 2.50 bits per heavy atom. The highest BCUT2D eigenvalue weighted by molar-refractivity contribution is 7.13. The van der Waals surface area contributed by atoms with Gasteiger partial charge in [-0.3, -0.25) is 4.79 Å². The molecule has 0 unspecified atom stereocenters. The zero-order valence-corrected chi connectivity index (χ0v) is 12.3. The van der Waals surface area contributed by atoms with Gasteiger partial charge in [0, 0.05) is 5.39 Å². The molecule has 0 aliphatic rings. The summed E-state index contributed by atoms with van der Waals surface area (Å²) in [4.78, 5) is 16.7. The summed E-state index contributed by atoms with van der Waals surface area (Å²) >= 11 is 1.25. The van der Waals surface area contributed by atoms with Gasteiger partial charge in [-0.15, -0.1) is 11.3 Å². The predicted octanol–water partition coefficient (Wildman–Crippen LogP) is 5.02. The van der Waals surface area contributed by atoms with Gasteiger partial charge < -0.3 is 0 Å². The second-order valence-electron chi connectivity index (χ2n) is 4.78. The summed E-state index contributed by atoms with van der Waals surface area (Å²) < 4.78 is 38.9. The molecule has 0 amide bonds. The third-order valence-electron chi connectivity index (χ3n) is 3.39. The molecule has 0 aliphatic heterocycles. The molecule has 0 radical (unpaired) electrons. The third kappa shape index (κ3) is 2.39. The maximum absolute atomic E-state index is 13.0. The van der Waals surface area contributed by atoms with Crippen LogP contribution in [-0.4, -0.2) is 16.9 Å². The van der Waals surface area contributed by atoms with Crippen LogP contribution in [0.25, 0.3) is 21.5 Å². The summed E-state index contributed by atoms with van der Waals surface area (Å²) in [7, 11) is 0. The normalized spacial score (nSPS) is 11.8. The zero-order valence-electron chi connectivity index (χ0n) is 11.4. The fourth-order valence-electron chi connectivity index (χ4n) is 2.39. The van der Waals surface area contributed by atoms with Crippen LogP contribution in [0.2, 0.25) is 0 Å². The number of thiophene rings is 1. The number of aromatic nitrogens is 1. The van der Waals surface area contributed by atoms with E-state index in [2.05, 4.69) is 4.98 Å². The number of fused-ring (bicyclic) bond motifs is 1. The number of Topliss-reactive ketones (excluding diaryl/α,β-unsaturated/α-hetero) is 1. The number of hydrogen-bond acceptors (Lipinski definition) is 3. The number of carbonyl (C=O) groups is 1. The van der Waals surface area contributed by atoms with E-state index < -0.39 is 12.0 Å². The van der Waals surface area contributed by atoms with Gasteiger partial charge >= 0.3 is 6.18 Å². The molecule has 3 aromatic rings. The second-order valence-corrected chi connectivity index (χ2v) is 5.73. The molecule has 112 valence electrons. The summed E-state index contributed by atoms with van der Waals surface area (Å²) in [6, 6.07) is 10.2. The van der Waals surface area contributed by atoms with Crippen molar-refractivity contribution in [2.45, 2.75) is 13.1 Å². The average Bonchev–Trinajstić information content (AvgIpc) is 2.99. The topological polar surface area (TPSA) is 30.0 Å². The quantitative estimate of drug-likeness (QED) is 0.621. The van der Waals surface area contributed by atoms with Crippen molar-refractivity contribution in [3.63, 3.8) is 0 Å². The summed E-state index contributed by atoms with van der Waals surface area (Å²) in [5.74, 6) is -1.85. The molecule has 0 fully saturated rings. The van der Waals surface area contributed by atoms with Crippen LogP contribution in [0.4, 0.5) is 13.2 Å². The van der Waals surface area contributed by atoms with E-state index in [0.29, 0.717) is 21.3 Å². The van der Waals surface area contributed by atoms with E-state index in [0.717, 1.165) is 0 Å². The van der Waals surface area contributed by atoms with Gasteiger partial charge in [-0.1, -0.05) is 24.3 Å². The molecular formula is C16H10F3NOS. The first kappa shape index (κ1) is 14.7. The van der Waals surface area contributed by atoms with Crippen molar-refractivity contribution < 1.29 is 18.0 Å². The van der Waals surface area contributed by atoms with Crippen molar-refractivity contribution in [3.8, 4) is 10.6 Å². The lowest BCUT2D eigenvalue weighted by molar-refractivity contribution is -0.0885. The standard InChI is InChI=1S/C16H10F3NOS/c1-9-10-5-2-3-6-11(10)20-14(12-7-4-8-22-12)13(9)15(21)16(17,18)19/h2-8H,1H3. The predicted molar refractivity (Wildman–Crippen MR) is 80.2 cm³/mol. The molecule has 2 aromatic heterocycles. The maximum atomic E-state index is 13.0. The number of nitrogens with zero attached hydrogens (tertiary/aromatic N) is 1. The van der Waals surface area contributed by atoms with Crippen molar-refractivity contribution >= 4 is 28.0 Å². The number of rotatable bonds is 2. The van der Waals surface area contributed by atoms with Crippen LogP contribution in [0.1, 0.15) is 15.9 Å². The number of para-hydroxylation sites is 1. The van der Waals surface area contributed by atoms with E-state index >= 15 is 0 Å². The number of carbonyl (C=O) groups excluding carboxylic acids is 1. The highest BCUT2D eigenvalue weighted by atomic mass is 32.1. The van der Waals surface area contributed by atoms with Gasteiger partial charge in [0.2, 0.25) is 0 Å². The van der Waals surface area contributed by atoms with Crippen molar-refractivity contribution in [3.05, 3.63) is 52.9 Å². The molecule has 0 atom stereocenters. The third-order valence-corrected chi connectivity index (χ3v) is 4.27. The molecule has 2 nitrogen and oxygen atoms in total. The minimum atomic E-state index is -4.93. The molecule has 2 heterocycles. The van der Waals surface area contributed by atoms with Crippen LogP contribution >= 0.6 is 11.3 Å². The van der Waals surface area contributed by atoms with Gasteiger partial charge in [0.1, 0.15) is 0 Å². The molecule has 3 rings (SSSR count). The average molecular weight is 321 g/mol. The highest BCUT2D eigenvalue weighted by Crippen LogP contribution is 2.35. The van der Waals surface area contributed by atoms with E-state index in [1.807, 2.05) is 0 Å². The molecule has 1 aromatic carbocycles. The fourth-order valence-corrected chi connectivity index (χ4v) is 3.11. The Balaban J connectivity index is 2.39. The van der Waals surface area contributed by atoms with Crippen LogP contribution in [-0.2, 0) is 0 Å². The van der Waals surface area contributed by atoms with Crippen LogP contribution in [0, 0.1) is 6.92 Å². The summed E-state index contributed by atoms with van der Waals surface area (Å²) in [5, 5.41) is 2.29. The number of aryl methyl sites for hydroxylation is 1. The Kier molecular flexibility index (Phi) is 3.48. The molecule has 0 N–H and O–H groups in total. The molecule has 0 saturated carbocycles. The molecular weight excluding hydrogens is 311 g/mol. The van der Waals surface area contributed by atoms with Gasteiger partial charge in [-0.25, -0.2) is 4.98 Å². The number of ketones is 1. The van der Waals surface area contributed by atoms with E-state index in [1.54, 1.807) is 41.8 Å². The molecule has 22 heavy (non-hydrogen) atoms. The van der Waals surface area contributed by atoms with Crippen molar-refractivity contribution in [2.75, 3.05) is 0 Å². The van der Waals surface area contributed by atoms with E-state index in [-0.39, 0.29) is 11.3 Å². The largest absolute Gasteiger partial charge is 0.454 e. The Hall–Kier alpha value is -2.21. The first-order valence-corrected chi connectivity index (χ1v) is 7.32. The van der Waals surface area contributed by atoms with Gasteiger partial charge in [0.25, 0.3) is 5.78 Å². The SMILES string of the molecule is Cc1c(C(=O)C(F)(F)F)c(-c2cccs2)nc2ccccc12. The van der Waals surface area contributed by atoms with Gasteiger partial charge in [-0.2, -0.15) is 13.2 Å². The first-order chi connectivity index (χ1) is 10.4. The Labute approximate surface area is 128 Å². The van der Waals surface area contributed by atoms with E-state index in [9.17, 15) is 18.0 Å². The van der Waals surface area contributed by atoms with Crippen molar-refractivity contribution in [1.82, 2.24) is 4.98 Å². The lowest BCUT2D eigenvalue weighted by Crippen LogP contribution is -2.24. The summed E-state index contributed by atoms with van der Waals surface area (Å²) in [6.45, 7) is 1.53. The monoisotopic (exact) mass is 321 g/mol. The zero-order chi connectivity index (χ0) is 15.9. The minimum absolute atomic E-state index is 0.0912. The van der Waals surface area contributed by atoms with E-state index in [1.165, 1.54) is 18.3 Å². The van der Waals surface area contributed by atoms with E-state index in [4.69, 9.17) is 0 Å². The molecule has 6 heteroatoms. The number of alkyl halides is 3. The lowest BCUT2D eigenvalue weighted by Gasteiger charge is -2.14. The molecule has 0 saturated heterocycles. The maximum Gasteiger partial charge on any atom is 0.454 e. The first-order valence-electron chi connectivity index (χ1n) is 6.44. The summed E-state index contributed by atoms with van der Waals surface area (Å²) in [6.07, 6.45) is -4.93. The minimum Gasteiger partial charge on any atom is -0.284 e. The smallest absolute Gasteiger partial charge is 0.284 e. The van der Waals surface area contributed by atoms with Crippen LogP contribution in [0.3, 0.4) is 0 Å². The van der Waals surface area contributed by atoms with Crippen molar-refractivity contribution in [1.29, 1.82) is 0 Å². The Bertz CT molecular complexity index is 854. The molecule has 0 spiro atoms. The van der Waals surface area contributed by atoms with Gasteiger partial charge in [0.15, 0.2) is 0 Å². The fraction of sp³-hybridized carbons (Fsp3) is 0.125. The second kappa shape index (κ2) is 5.21. The number of benzene rings is 1. The van der Waals surface area contributed by atoms with Crippen molar-refractivity contribution in [2.24, 2.45) is 0 Å². The Morgan fingerprint density at radius 2 is 1.86 bits per heavy atom. The number of halogens is 3. The van der Waals surface area contributed by atoms with Crippen LogP contribution in [0.15, 0.2) is 41.8 Å². The summed E-state index contributed by atoms with van der Waals surface area (Å²) in [5.41, 5.74) is 0.598. The van der Waals surface area contributed by atoms with Gasteiger partial charge in [0.05, 0.1) is 21.7 Å². The molecule has 0 bridgehead atoms.